The van der Waals surface area contributed by atoms with Crippen molar-refractivity contribution in [2.24, 2.45) is 0 Å². The Morgan fingerprint density at radius 2 is 0.667 bits per heavy atom. The summed E-state index contributed by atoms with van der Waals surface area (Å²) in [6, 6.07) is 0. The van der Waals surface area contributed by atoms with E-state index in [4.69, 9.17) is 9.47 Å². The van der Waals surface area contributed by atoms with E-state index in [1.54, 1.807) is 0 Å². The number of hydrogen-bond acceptors (Lipinski definition) is 6. The van der Waals surface area contributed by atoms with Crippen molar-refractivity contribution in [2.45, 2.75) is 252 Å². The second-order valence-corrected chi connectivity index (χ2v) is 17.1. The molecule has 0 aromatic carbocycles. The fraction of sp³-hybridized carbons (Fsp3) is 0.882. The van der Waals surface area contributed by atoms with E-state index in [0.717, 1.165) is 77.4 Å². The van der Waals surface area contributed by atoms with Crippen molar-refractivity contribution >= 4 is 11.9 Å². The van der Waals surface area contributed by atoms with Crippen LogP contribution in [0.1, 0.15) is 252 Å². The highest BCUT2D eigenvalue weighted by atomic mass is 16.5. The number of allylic oxidation sites excluding steroid dienone is 2. The van der Waals surface area contributed by atoms with Crippen molar-refractivity contribution in [2.75, 3.05) is 39.5 Å². The number of ether oxygens (including phenoxy) is 2. The molecule has 0 bridgehead atoms. The normalized spacial score (nSPS) is 12.2. The van der Waals surface area contributed by atoms with Gasteiger partial charge in [-0.05, 0) is 96.6 Å². The van der Waals surface area contributed by atoms with Gasteiger partial charge in [0.15, 0.2) is 0 Å². The summed E-state index contributed by atoms with van der Waals surface area (Å²) in [7, 11) is 0. The van der Waals surface area contributed by atoms with Gasteiger partial charge >= 0.3 is 11.9 Å². The predicted octanol–water partition coefficient (Wildman–Crippen LogP) is 15.0. The molecule has 0 saturated heterocycles. The van der Waals surface area contributed by atoms with Crippen molar-refractivity contribution in [3.63, 3.8) is 0 Å². The molecule has 1 N–H and O–H groups in total. The van der Waals surface area contributed by atoms with Crippen molar-refractivity contribution in [3.8, 4) is 0 Å². The van der Waals surface area contributed by atoms with E-state index in [1.165, 1.54) is 178 Å². The number of carbonyl (C=O) groups excluding carboxylic acids is 2. The average molecular weight is 804 g/mol. The molecule has 6 heteroatoms. The molecule has 0 aromatic heterocycles. The Hall–Kier alpha value is -1.66. The van der Waals surface area contributed by atoms with Gasteiger partial charge in [-0.3, -0.25) is 0 Å². The van der Waals surface area contributed by atoms with Gasteiger partial charge < -0.3 is 19.5 Å². The van der Waals surface area contributed by atoms with Gasteiger partial charge in [-0.2, -0.15) is 0 Å². The van der Waals surface area contributed by atoms with Crippen LogP contribution < -0.4 is 0 Å². The largest absolute Gasteiger partial charge is 0.463 e. The molecule has 0 aromatic rings. The van der Waals surface area contributed by atoms with Gasteiger partial charge in [0.2, 0.25) is 0 Å². The lowest BCUT2D eigenvalue weighted by atomic mass is 10.00. The summed E-state index contributed by atoms with van der Waals surface area (Å²) in [6.45, 7) is 13.5. The molecule has 0 saturated carbocycles. The topological polar surface area (TPSA) is 76.1 Å². The molecule has 0 aliphatic carbocycles. The van der Waals surface area contributed by atoms with Crippen LogP contribution in [0.3, 0.4) is 0 Å². The van der Waals surface area contributed by atoms with Crippen molar-refractivity contribution in [1.29, 1.82) is 0 Å². The molecule has 0 aliphatic rings. The SMILES string of the molecule is CCCCCCCC/C(=C/C(=O)OCCCCCCCCN(CCCO)CCCCCCCCOC(=O)/C=C(\CCCCC)CCCCCCCC)CCCCC. The number of unbranched alkanes of at least 4 members (excludes halogenated alkanes) is 24. The van der Waals surface area contributed by atoms with Gasteiger partial charge in [-0.1, -0.05) is 180 Å². The summed E-state index contributed by atoms with van der Waals surface area (Å²) in [5.74, 6) is -0.275. The first-order chi connectivity index (χ1) is 28.0. The standard InChI is InChI=1S/C51H97NO5/c1-5-9-13-15-21-29-38-48(36-27-11-7-3)46-50(54)56-44-33-25-19-17-23-31-40-52(42-35-43-53)41-32-24-18-20-26-34-45-57-51(55)47-49(37-28-12-8-4)39-30-22-16-14-10-6-2/h46-47,53H,5-45H2,1-4H3/b48-46+,49-47+. The van der Waals surface area contributed by atoms with E-state index in [0.29, 0.717) is 13.2 Å². The maximum absolute atomic E-state index is 12.5. The predicted molar refractivity (Wildman–Crippen MR) is 246 cm³/mol. The molecule has 6 nitrogen and oxygen atoms in total. The van der Waals surface area contributed by atoms with E-state index >= 15 is 0 Å². The van der Waals surface area contributed by atoms with Crippen LogP contribution in [0.2, 0.25) is 0 Å². The minimum absolute atomic E-state index is 0.137. The highest BCUT2D eigenvalue weighted by molar-refractivity contribution is 5.83. The number of carbonyl (C=O) groups is 2. The van der Waals surface area contributed by atoms with Crippen LogP contribution in [0.4, 0.5) is 0 Å². The van der Waals surface area contributed by atoms with Crippen LogP contribution >= 0.6 is 0 Å². The lowest BCUT2D eigenvalue weighted by Crippen LogP contribution is -2.27. The molecule has 0 fully saturated rings. The fourth-order valence-electron chi connectivity index (χ4n) is 7.69. The number of aliphatic hydroxyl groups excluding tert-OH is 1. The van der Waals surface area contributed by atoms with Gasteiger partial charge in [-0.25, -0.2) is 9.59 Å². The van der Waals surface area contributed by atoms with Gasteiger partial charge in [0.1, 0.15) is 0 Å². The first kappa shape index (κ1) is 55.3. The number of nitrogens with zero attached hydrogens (tertiary/aromatic N) is 1. The van der Waals surface area contributed by atoms with Crippen molar-refractivity contribution in [1.82, 2.24) is 4.90 Å². The molecular formula is C51H97NO5. The molecular weight excluding hydrogens is 707 g/mol. The zero-order chi connectivity index (χ0) is 41.7. The highest BCUT2D eigenvalue weighted by Crippen LogP contribution is 2.20. The van der Waals surface area contributed by atoms with E-state index in [-0.39, 0.29) is 18.5 Å². The Labute approximate surface area is 355 Å². The quantitative estimate of drug-likeness (QED) is 0.0375. The van der Waals surface area contributed by atoms with Crippen LogP contribution in [-0.2, 0) is 19.1 Å². The molecule has 0 atom stereocenters. The number of esters is 2. The summed E-state index contributed by atoms with van der Waals surface area (Å²) < 4.78 is 11.2. The summed E-state index contributed by atoms with van der Waals surface area (Å²) >= 11 is 0. The van der Waals surface area contributed by atoms with Crippen molar-refractivity contribution < 1.29 is 24.2 Å². The molecule has 57 heavy (non-hydrogen) atoms. The van der Waals surface area contributed by atoms with Crippen LogP contribution in [0.15, 0.2) is 23.3 Å². The Morgan fingerprint density at radius 3 is 1.04 bits per heavy atom. The van der Waals surface area contributed by atoms with E-state index < -0.39 is 0 Å². The molecule has 0 heterocycles. The second-order valence-electron chi connectivity index (χ2n) is 17.1. The second kappa shape index (κ2) is 45.4. The highest BCUT2D eigenvalue weighted by Gasteiger charge is 2.08. The first-order valence-corrected chi connectivity index (χ1v) is 25.1. The monoisotopic (exact) mass is 804 g/mol. The Balaban J connectivity index is 4.12. The zero-order valence-electron chi connectivity index (χ0n) is 38.7. The first-order valence-electron chi connectivity index (χ1n) is 25.1. The van der Waals surface area contributed by atoms with E-state index in [9.17, 15) is 14.7 Å². The summed E-state index contributed by atoms with van der Waals surface area (Å²) in [5, 5.41) is 9.42. The van der Waals surface area contributed by atoms with Gasteiger partial charge in [0, 0.05) is 25.3 Å². The number of aliphatic hydroxyl groups is 1. The maximum Gasteiger partial charge on any atom is 0.330 e. The summed E-state index contributed by atoms with van der Waals surface area (Å²) in [4.78, 5) is 27.6. The third kappa shape index (κ3) is 40.9. The fourth-order valence-corrected chi connectivity index (χ4v) is 7.69. The minimum atomic E-state index is -0.137. The lowest BCUT2D eigenvalue weighted by Gasteiger charge is -2.22. The van der Waals surface area contributed by atoms with Crippen LogP contribution in [-0.4, -0.2) is 61.4 Å². The van der Waals surface area contributed by atoms with Crippen molar-refractivity contribution in [3.05, 3.63) is 23.3 Å². The smallest absolute Gasteiger partial charge is 0.330 e. The van der Waals surface area contributed by atoms with Crippen LogP contribution in [0, 0.1) is 0 Å². The molecule has 0 radical (unpaired) electrons. The Kier molecular flexibility index (Phi) is 44.1. The minimum Gasteiger partial charge on any atom is -0.463 e. The van der Waals surface area contributed by atoms with Gasteiger partial charge in [0.05, 0.1) is 13.2 Å². The molecule has 0 unspecified atom stereocenters. The third-order valence-electron chi connectivity index (χ3n) is 11.4. The average Bonchev–Trinajstić information content (AvgIpc) is 3.20. The van der Waals surface area contributed by atoms with Crippen LogP contribution in [0.25, 0.3) is 0 Å². The third-order valence-corrected chi connectivity index (χ3v) is 11.4. The maximum atomic E-state index is 12.5. The molecule has 0 rings (SSSR count). The Bertz CT molecular complexity index is 861. The molecule has 336 valence electrons. The molecule has 0 aliphatic heterocycles. The van der Waals surface area contributed by atoms with E-state index in [2.05, 4.69) is 32.6 Å². The number of hydrogen-bond donors (Lipinski definition) is 1. The summed E-state index contributed by atoms with van der Waals surface area (Å²) in [5.41, 5.74) is 2.58. The molecule has 0 spiro atoms. The summed E-state index contributed by atoms with van der Waals surface area (Å²) in [6.07, 6.45) is 45.1. The van der Waals surface area contributed by atoms with Gasteiger partial charge in [0.25, 0.3) is 0 Å². The van der Waals surface area contributed by atoms with Gasteiger partial charge in [-0.15, -0.1) is 0 Å². The van der Waals surface area contributed by atoms with Crippen LogP contribution in [0.5, 0.6) is 0 Å². The zero-order valence-corrected chi connectivity index (χ0v) is 38.7. The lowest BCUT2D eigenvalue weighted by molar-refractivity contribution is -0.138. The number of rotatable bonds is 45. The van der Waals surface area contributed by atoms with E-state index in [1.807, 2.05) is 12.2 Å². The Morgan fingerprint density at radius 1 is 0.386 bits per heavy atom. The molecule has 0 amide bonds.